The van der Waals surface area contributed by atoms with Gasteiger partial charge in [-0.25, -0.2) is 0 Å². The van der Waals surface area contributed by atoms with E-state index in [1.807, 2.05) is 12.1 Å². The molecule has 1 unspecified atom stereocenters. The standard InChI is InChI=1S/C24H28N4O2/c1-17-4-2-5-20-21-10-13-25-24(23(21)26-22(17)20)12-3-14-27(16-24)15-11-18-6-8-19(9-7-18)28(29)30/h2,4-9,25-26H,3,10-16H2,1H3. The SMILES string of the molecule is Cc1cccc2c3c([nH]c12)C1(CCCN(CCc2ccc([N+](=O)[O-])cc2)C1)NCC3. The number of rotatable bonds is 4. The van der Waals surface area contributed by atoms with Crippen LogP contribution < -0.4 is 5.32 Å². The lowest BCUT2D eigenvalue weighted by molar-refractivity contribution is -0.384. The normalized spacial score (nSPS) is 21.8. The molecule has 5 rings (SSSR count). The van der Waals surface area contributed by atoms with E-state index in [4.69, 9.17) is 0 Å². The second-order valence-electron chi connectivity index (χ2n) is 8.79. The molecular weight excluding hydrogens is 376 g/mol. The van der Waals surface area contributed by atoms with Gasteiger partial charge in [0.2, 0.25) is 0 Å². The van der Waals surface area contributed by atoms with Gasteiger partial charge in [0, 0.05) is 48.4 Å². The summed E-state index contributed by atoms with van der Waals surface area (Å²) < 4.78 is 0. The summed E-state index contributed by atoms with van der Waals surface area (Å²) in [5.41, 5.74) is 6.77. The molecule has 0 amide bonds. The van der Waals surface area contributed by atoms with E-state index in [0.717, 1.165) is 51.0 Å². The molecule has 1 spiro atoms. The summed E-state index contributed by atoms with van der Waals surface area (Å²) in [5, 5.41) is 16.1. The minimum atomic E-state index is -0.341. The van der Waals surface area contributed by atoms with Crippen molar-refractivity contribution in [2.75, 3.05) is 26.2 Å². The van der Waals surface area contributed by atoms with E-state index in [9.17, 15) is 10.1 Å². The number of hydrogen-bond donors (Lipinski definition) is 2. The van der Waals surface area contributed by atoms with Crippen LogP contribution in [-0.4, -0.2) is 41.0 Å². The summed E-state index contributed by atoms with van der Waals surface area (Å²) >= 11 is 0. The van der Waals surface area contributed by atoms with Crippen molar-refractivity contribution in [2.45, 2.75) is 38.1 Å². The number of H-pyrrole nitrogens is 1. The van der Waals surface area contributed by atoms with Crippen molar-refractivity contribution in [2.24, 2.45) is 0 Å². The number of non-ortho nitro benzene ring substituents is 1. The highest BCUT2D eigenvalue weighted by Crippen LogP contribution is 2.39. The Morgan fingerprint density at radius 3 is 2.83 bits per heavy atom. The van der Waals surface area contributed by atoms with Crippen LogP contribution in [0.15, 0.2) is 42.5 Å². The summed E-state index contributed by atoms with van der Waals surface area (Å²) in [5.74, 6) is 0. The molecule has 30 heavy (non-hydrogen) atoms. The predicted octanol–water partition coefficient (Wildman–Crippen LogP) is 4.06. The zero-order valence-corrected chi connectivity index (χ0v) is 17.4. The molecule has 1 atom stereocenters. The third kappa shape index (κ3) is 3.30. The largest absolute Gasteiger partial charge is 0.356 e. The fourth-order valence-electron chi connectivity index (χ4n) is 5.36. The lowest BCUT2D eigenvalue weighted by Crippen LogP contribution is -2.57. The maximum absolute atomic E-state index is 10.9. The Labute approximate surface area is 176 Å². The van der Waals surface area contributed by atoms with Gasteiger partial charge in [-0.1, -0.05) is 30.3 Å². The van der Waals surface area contributed by atoms with E-state index < -0.39 is 0 Å². The number of likely N-dealkylation sites (tertiary alicyclic amines) is 1. The third-order valence-corrected chi connectivity index (χ3v) is 6.90. The number of para-hydroxylation sites is 1. The average Bonchev–Trinajstić information content (AvgIpc) is 3.15. The first-order chi connectivity index (χ1) is 14.6. The fraction of sp³-hybridized carbons (Fsp3) is 0.417. The van der Waals surface area contributed by atoms with Gasteiger partial charge in [0.05, 0.1) is 10.5 Å². The predicted molar refractivity (Wildman–Crippen MR) is 119 cm³/mol. The van der Waals surface area contributed by atoms with Crippen LogP contribution in [0.3, 0.4) is 0 Å². The number of nitro benzene ring substituents is 1. The summed E-state index contributed by atoms with van der Waals surface area (Å²) in [6.07, 6.45) is 4.30. The van der Waals surface area contributed by atoms with Crippen LogP contribution in [0.4, 0.5) is 5.69 Å². The van der Waals surface area contributed by atoms with Gasteiger partial charge in [0.25, 0.3) is 5.69 Å². The van der Waals surface area contributed by atoms with Gasteiger partial charge in [-0.05, 0) is 55.8 Å². The quantitative estimate of drug-likeness (QED) is 0.508. The van der Waals surface area contributed by atoms with Gasteiger partial charge < -0.3 is 15.2 Å². The number of aromatic amines is 1. The summed E-state index contributed by atoms with van der Waals surface area (Å²) in [7, 11) is 0. The van der Waals surface area contributed by atoms with Crippen molar-refractivity contribution < 1.29 is 4.92 Å². The Morgan fingerprint density at radius 1 is 1.20 bits per heavy atom. The van der Waals surface area contributed by atoms with Crippen LogP contribution in [0.25, 0.3) is 10.9 Å². The van der Waals surface area contributed by atoms with Gasteiger partial charge in [-0.2, -0.15) is 0 Å². The zero-order valence-electron chi connectivity index (χ0n) is 17.4. The molecule has 2 aliphatic rings. The highest BCUT2D eigenvalue weighted by atomic mass is 16.6. The lowest BCUT2D eigenvalue weighted by Gasteiger charge is -2.46. The number of fused-ring (bicyclic) bond motifs is 4. The first-order valence-electron chi connectivity index (χ1n) is 10.9. The molecule has 0 radical (unpaired) electrons. The Kier molecular flexibility index (Phi) is 4.83. The van der Waals surface area contributed by atoms with Gasteiger partial charge in [-0.15, -0.1) is 0 Å². The third-order valence-electron chi connectivity index (χ3n) is 6.90. The van der Waals surface area contributed by atoms with Crippen LogP contribution in [-0.2, 0) is 18.4 Å². The van der Waals surface area contributed by atoms with E-state index in [1.54, 1.807) is 12.1 Å². The molecule has 3 aromatic rings. The minimum absolute atomic E-state index is 0.00717. The van der Waals surface area contributed by atoms with Crippen molar-refractivity contribution in [1.29, 1.82) is 0 Å². The highest BCUT2D eigenvalue weighted by molar-refractivity contribution is 5.88. The van der Waals surface area contributed by atoms with Crippen LogP contribution in [0.2, 0.25) is 0 Å². The van der Waals surface area contributed by atoms with Crippen molar-refractivity contribution in [3.05, 3.63) is 75.0 Å². The van der Waals surface area contributed by atoms with Crippen LogP contribution in [0.5, 0.6) is 0 Å². The number of aryl methyl sites for hydroxylation is 1. The Balaban J connectivity index is 1.36. The van der Waals surface area contributed by atoms with Crippen LogP contribution >= 0.6 is 0 Å². The van der Waals surface area contributed by atoms with Crippen molar-refractivity contribution in [3.63, 3.8) is 0 Å². The average molecular weight is 405 g/mol. The molecule has 0 saturated carbocycles. The number of aromatic nitrogens is 1. The first-order valence-corrected chi connectivity index (χ1v) is 10.9. The summed E-state index contributed by atoms with van der Waals surface area (Å²) in [6.45, 7) is 6.27. The number of piperidine rings is 1. The maximum atomic E-state index is 10.9. The fourth-order valence-corrected chi connectivity index (χ4v) is 5.36. The van der Waals surface area contributed by atoms with Gasteiger partial charge in [-0.3, -0.25) is 10.1 Å². The monoisotopic (exact) mass is 404 g/mol. The molecule has 156 valence electrons. The van der Waals surface area contributed by atoms with Gasteiger partial charge in [0.1, 0.15) is 0 Å². The Bertz CT molecular complexity index is 1090. The number of hydrogen-bond acceptors (Lipinski definition) is 4. The molecule has 6 heteroatoms. The van der Waals surface area contributed by atoms with Crippen molar-refractivity contribution in [3.8, 4) is 0 Å². The lowest BCUT2D eigenvalue weighted by atomic mass is 9.80. The molecular formula is C24H28N4O2. The van der Waals surface area contributed by atoms with Gasteiger partial charge in [0.15, 0.2) is 0 Å². The van der Waals surface area contributed by atoms with E-state index in [0.29, 0.717) is 0 Å². The molecule has 2 N–H and O–H groups in total. The topological polar surface area (TPSA) is 74.2 Å². The minimum Gasteiger partial charge on any atom is -0.356 e. The maximum Gasteiger partial charge on any atom is 0.269 e. The van der Waals surface area contributed by atoms with Crippen LogP contribution in [0.1, 0.15) is 35.2 Å². The smallest absolute Gasteiger partial charge is 0.269 e. The molecule has 3 heterocycles. The first kappa shape index (κ1) is 19.3. The Morgan fingerprint density at radius 2 is 2.03 bits per heavy atom. The van der Waals surface area contributed by atoms with E-state index in [-0.39, 0.29) is 16.1 Å². The highest BCUT2D eigenvalue weighted by Gasteiger charge is 2.41. The summed E-state index contributed by atoms with van der Waals surface area (Å²) in [6, 6.07) is 13.6. The number of nitrogens with one attached hydrogen (secondary N) is 2. The van der Waals surface area contributed by atoms with E-state index in [2.05, 4.69) is 40.3 Å². The van der Waals surface area contributed by atoms with Crippen LogP contribution in [0, 0.1) is 17.0 Å². The molecule has 1 fully saturated rings. The van der Waals surface area contributed by atoms with E-state index in [1.165, 1.54) is 34.1 Å². The van der Waals surface area contributed by atoms with Gasteiger partial charge >= 0.3 is 0 Å². The molecule has 0 aliphatic carbocycles. The zero-order chi connectivity index (χ0) is 20.7. The molecule has 0 bridgehead atoms. The van der Waals surface area contributed by atoms with Crippen molar-refractivity contribution in [1.82, 2.24) is 15.2 Å². The molecule has 2 aliphatic heterocycles. The molecule has 6 nitrogen and oxygen atoms in total. The molecule has 1 aromatic heterocycles. The number of benzene rings is 2. The molecule has 1 saturated heterocycles. The number of nitrogens with zero attached hydrogens (tertiary/aromatic N) is 2. The van der Waals surface area contributed by atoms with E-state index >= 15 is 0 Å². The number of nitro groups is 1. The molecule has 2 aromatic carbocycles. The Hall–Kier alpha value is -2.70. The second kappa shape index (κ2) is 7.52. The van der Waals surface area contributed by atoms with Crippen molar-refractivity contribution >= 4 is 16.6 Å². The summed E-state index contributed by atoms with van der Waals surface area (Å²) in [4.78, 5) is 16.9. The second-order valence-corrected chi connectivity index (χ2v) is 8.79.